The van der Waals surface area contributed by atoms with Crippen LogP contribution in [0, 0.1) is 6.92 Å². The van der Waals surface area contributed by atoms with E-state index < -0.39 is 5.97 Å². The summed E-state index contributed by atoms with van der Waals surface area (Å²) in [5.74, 6) is 0.372. The lowest BCUT2D eigenvalue weighted by Gasteiger charge is -2.12. The van der Waals surface area contributed by atoms with E-state index in [0.29, 0.717) is 16.5 Å². The standard InChI is InChI=1S/C16H16ClNO3/c1-3-20-16(19)11-5-4-6-14(15(11)18)21-13-8-7-10(2)9-12(13)17/h4-9H,3,18H2,1-2H3. The molecule has 0 radical (unpaired) electrons. The number of aryl methyl sites for hydroxylation is 1. The van der Waals surface area contributed by atoms with Crippen molar-refractivity contribution in [2.75, 3.05) is 12.3 Å². The van der Waals surface area contributed by atoms with E-state index >= 15 is 0 Å². The number of ether oxygens (including phenoxy) is 2. The average Bonchev–Trinajstić information content (AvgIpc) is 2.44. The molecule has 0 saturated heterocycles. The van der Waals surface area contributed by atoms with Gasteiger partial charge in [-0.15, -0.1) is 0 Å². The fourth-order valence-electron chi connectivity index (χ4n) is 1.83. The van der Waals surface area contributed by atoms with Gasteiger partial charge < -0.3 is 15.2 Å². The Bertz CT molecular complexity index is 671. The lowest BCUT2D eigenvalue weighted by Crippen LogP contribution is -2.08. The monoisotopic (exact) mass is 305 g/mol. The van der Waals surface area contributed by atoms with Crippen LogP contribution in [0.5, 0.6) is 11.5 Å². The molecule has 2 N–H and O–H groups in total. The van der Waals surface area contributed by atoms with Crippen molar-refractivity contribution in [3.8, 4) is 11.5 Å². The van der Waals surface area contributed by atoms with Crippen LogP contribution < -0.4 is 10.5 Å². The third-order valence-electron chi connectivity index (χ3n) is 2.87. The molecule has 0 atom stereocenters. The molecule has 0 unspecified atom stereocenters. The van der Waals surface area contributed by atoms with Crippen LogP contribution in [0.25, 0.3) is 0 Å². The number of hydrogen-bond donors (Lipinski definition) is 1. The van der Waals surface area contributed by atoms with Crippen molar-refractivity contribution < 1.29 is 14.3 Å². The molecule has 110 valence electrons. The lowest BCUT2D eigenvalue weighted by molar-refractivity contribution is 0.0527. The summed E-state index contributed by atoms with van der Waals surface area (Å²) in [5, 5.41) is 0.482. The molecular formula is C16H16ClNO3. The third kappa shape index (κ3) is 3.47. The van der Waals surface area contributed by atoms with Gasteiger partial charge in [0.05, 0.1) is 22.9 Å². The molecule has 5 heteroatoms. The van der Waals surface area contributed by atoms with Gasteiger partial charge in [0, 0.05) is 0 Å². The molecule has 0 amide bonds. The van der Waals surface area contributed by atoms with Gasteiger partial charge in [0.25, 0.3) is 0 Å². The van der Waals surface area contributed by atoms with Crippen LogP contribution in [-0.4, -0.2) is 12.6 Å². The first kappa shape index (κ1) is 15.2. The molecular weight excluding hydrogens is 290 g/mol. The normalized spacial score (nSPS) is 10.2. The van der Waals surface area contributed by atoms with Crippen LogP contribution in [-0.2, 0) is 4.74 Å². The van der Waals surface area contributed by atoms with Crippen LogP contribution in [0.15, 0.2) is 36.4 Å². The Kier molecular flexibility index (Phi) is 4.70. The van der Waals surface area contributed by atoms with Gasteiger partial charge >= 0.3 is 5.97 Å². The average molecular weight is 306 g/mol. The van der Waals surface area contributed by atoms with E-state index in [9.17, 15) is 4.79 Å². The number of nitrogen functional groups attached to an aromatic ring is 1. The van der Waals surface area contributed by atoms with Gasteiger partial charge in [0.2, 0.25) is 0 Å². The zero-order chi connectivity index (χ0) is 15.4. The maximum absolute atomic E-state index is 11.8. The lowest BCUT2D eigenvalue weighted by atomic mass is 10.1. The molecule has 2 aromatic rings. The number of benzene rings is 2. The Balaban J connectivity index is 2.32. The predicted octanol–water partition coefficient (Wildman–Crippen LogP) is 4.20. The first-order valence-electron chi connectivity index (χ1n) is 6.52. The van der Waals surface area contributed by atoms with Crippen LogP contribution >= 0.6 is 11.6 Å². The molecule has 0 aromatic heterocycles. The van der Waals surface area contributed by atoms with Crippen LogP contribution in [0.3, 0.4) is 0 Å². The van der Waals surface area contributed by atoms with Crippen LogP contribution in [0.2, 0.25) is 5.02 Å². The fourth-order valence-corrected chi connectivity index (χ4v) is 2.10. The van der Waals surface area contributed by atoms with E-state index in [4.69, 9.17) is 26.8 Å². The quantitative estimate of drug-likeness (QED) is 0.679. The minimum Gasteiger partial charge on any atom is -0.462 e. The summed E-state index contributed by atoms with van der Waals surface area (Å²) in [4.78, 5) is 11.8. The van der Waals surface area contributed by atoms with E-state index in [0.717, 1.165) is 5.56 Å². The minimum atomic E-state index is -0.476. The zero-order valence-electron chi connectivity index (χ0n) is 11.9. The smallest absolute Gasteiger partial charge is 0.340 e. The fraction of sp³-hybridized carbons (Fsp3) is 0.188. The Labute approximate surface area is 128 Å². The Morgan fingerprint density at radius 2 is 2.00 bits per heavy atom. The van der Waals surface area contributed by atoms with Crippen LogP contribution in [0.4, 0.5) is 5.69 Å². The maximum Gasteiger partial charge on any atom is 0.340 e. The number of hydrogen-bond acceptors (Lipinski definition) is 4. The van der Waals surface area contributed by atoms with Gasteiger partial charge in [0.1, 0.15) is 5.75 Å². The molecule has 0 aliphatic heterocycles. The molecule has 0 bridgehead atoms. The van der Waals surface area contributed by atoms with Crippen molar-refractivity contribution in [1.29, 1.82) is 0 Å². The summed E-state index contributed by atoms with van der Waals surface area (Å²) in [6, 6.07) is 10.4. The molecule has 4 nitrogen and oxygen atoms in total. The Hall–Kier alpha value is -2.20. The molecule has 0 heterocycles. The van der Waals surface area contributed by atoms with E-state index in [-0.39, 0.29) is 17.9 Å². The predicted molar refractivity (Wildman–Crippen MR) is 83.1 cm³/mol. The van der Waals surface area contributed by atoms with Crippen LogP contribution in [0.1, 0.15) is 22.8 Å². The van der Waals surface area contributed by atoms with Gasteiger partial charge in [-0.05, 0) is 43.7 Å². The number of anilines is 1. The van der Waals surface area contributed by atoms with E-state index in [1.165, 1.54) is 0 Å². The Morgan fingerprint density at radius 1 is 1.24 bits per heavy atom. The Morgan fingerprint density at radius 3 is 2.67 bits per heavy atom. The van der Waals surface area contributed by atoms with Crippen molar-refractivity contribution in [3.05, 3.63) is 52.5 Å². The highest BCUT2D eigenvalue weighted by Gasteiger charge is 2.15. The van der Waals surface area contributed by atoms with E-state index in [1.807, 2.05) is 13.0 Å². The number of para-hydroxylation sites is 1. The molecule has 0 aliphatic rings. The summed E-state index contributed by atoms with van der Waals surface area (Å²) in [7, 11) is 0. The van der Waals surface area contributed by atoms with Gasteiger partial charge in [0.15, 0.2) is 5.75 Å². The number of rotatable bonds is 4. The number of carbonyl (C=O) groups excluding carboxylic acids is 1. The molecule has 2 aromatic carbocycles. The summed E-state index contributed by atoms with van der Waals surface area (Å²) >= 11 is 6.13. The molecule has 2 rings (SSSR count). The van der Waals surface area contributed by atoms with E-state index in [1.54, 1.807) is 37.3 Å². The first-order chi connectivity index (χ1) is 10.0. The summed E-state index contributed by atoms with van der Waals surface area (Å²) < 4.78 is 10.7. The second kappa shape index (κ2) is 6.50. The minimum absolute atomic E-state index is 0.229. The zero-order valence-corrected chi connectivity index (χ0v) is 12.6. The number of halogens is 1. The van der Waals surface area contributed by atoms with E-state index in [2.05, 4.69) is 0 Å². The molecule has 0 fully saturated rings. The van der Waals surface area contributed by atoms with Crippen molar-refractivity contribution in [3.63, 3.8) is 0 Å². The summed E-state index contributed by atoms with van der Waals surface area (Å²) in [6.45, 7) is 3.96. The van der Waals surface area contributed by atoms with Crippen molar-refractivity contribution >= 4 is 23.3 Å². The molecule has 0 saturated carbocycles. The number of esters is 1. The highest BCUT2D eigenvalue weighted by molar-refractivity contribution is 6.32. The second-order valence-electron chi connectivity index (χ2n) is 4.47. The van der Waals surface area contributed by atoms with Gasteiger partial charge in [-0.2, -0.15) is 0 Å². The highest BCUT2D eigenvalue weighted by Crippen LogP contribution is 2.34. The van der Waals surface area contributed by atoms with Crippen molar-refractivity contribution in [2.24, 2.45) is 0 Å². The molecule has 21 heavy (non-hydrogen) atoms. The summed E-state index contributed by atoms with van der Waals surface area (Å²) in [5.41, 5.74) is 7.51. The molecule has 0 spiro atoms. The second-order valence-corrected chi connectivity index (χ2v) is 4.88. The van der Waals surface area contributed by atoms with Gasteiger partial charge in [-0.1, -0.05) is 23.7 Å². The number of carbonyl (C=O) groups is 1. The van der Waals surface area contributed by atoms with Crippen molar-refractivity contribution in [1.82, 2.24) is 0 Å². The first-order valence-corrected chi connectivity index (χ1v) is 6.90. The highest BCUT2D eigenvalue weighted by atomic mass is 35.5. The van der Waals surface area contributed by atoms with Gasteiger partial charge in [-0.25, -0.2) is 4.79 Å². The third-order valence-corrected chi connectivity index (χ3v) is 3.16. The number of nitrogens with two attached hydrogens (primary N) is 1. The van der Waals surface area contributed by atoms with Gasteiger partial charge in [-0.3, -0.25) is 0 Å². The largest absolute Gasteiger partial charge is 0.462 e. The SMILES string of the molecule is CCOC(=O)c1cccc(Oc2ccc(C)cc2Cl)c1N. The summed E-state index contributed by atoms with van der Waals surface area (Å²) in [6.07, 6.45) is 0. The molecule has 0 aliphatic carbocycles. The maximum atomic E-state index is 11.8. The van der Waals surface area contributed by atoms with Crippen molar-refractivity contribution in [2.45, 2.75) is 13.8 Å². The topological polar surface area (TPSA) is 61.5 Å².